The second-order valence-electron chi connectivity index (χ2n) is 29.6. The quantitative estimate of drug-likeness (QED) is 0.0753. The molecule has 121 heavy (non-hydrogen) atoms. The van der Waals surface area contributed by atoms with Crippen LogP contribution >= 0.6 is 43.6 Å². The van der Waals surface area contributed by atoms with E-state index < -0.39 is 0 Å². The fraction of sp³-hybridized carbons (Fsp3) is 0.0190. The number of hydrogen-bond donors (Lipinski definition) is 0. The number of allylic oxidation sites excluding steroid dienone is 2. The van der Waals surface area contributed by atoms with E-state index in [1.54, 1.807) is 9.84 Å². The second kappa shape index (κ2) is 35.5. The Kier molecular flexibility index (Phi) is 23.0. The molecule has 2 aliphatic rings. The van der Waals surface area contributed by atoms with Crippen molar-refractivity contribution >= 4 is 170 Å². The maximum absolute atomic E-state index is 5.67. The zero-order valence-corrected chi connectivity index (χ0v) is 76.0. The summed E-state index contributed by atoms with van der Waals surface area (Å²) in [5, 5.41) is 2.46. The van der Waals surface area contributed by atoms with E-state index in [9.17, 15) is 0 Å². The first-order chi connectivity index (χ1) is 59.8. The van der Waals surface area contributed by atoms with Crippen LogP contribution in [0.25, 0.3) is 123 Å². The smallest absolute Gasteiger partial charge is 0.145 e. The zero-order valence-electron chi connectivity index (χ0n) is 67.0. The van der Waals surface area contributed by atoms with E-state index in [-0.39, 0.29) is 45.2 Å². The Labute approximate surface area is 736 Å². The van der Waals surface area contributed by atoms with Crippen LogP contribution in [0.15, 0.2) is 437 Å². The first-order valence-corrected chi connectivity index (χ1v) is 46.1. The standard InChI is InChI=1S/C60H44N4.C45H30N6.Bi.H6P4.H3P.2H/c1-5-17-45(18-6-1)61(51-37-39-59-55(41-51)53-25-13-15-27-57(53)63(59)47-21-9-3-10-22-47)49-33-29-43(30-34-49)44-31-35-50(36-32-44)62(46-19-7-2-8-20-46)52-38-40-60-56(42-52)54-26-14-16-28-58(54)64(60)48-23-11-4-12-24-48;1-4-16-34(17-5-1)49-40-25-13-10-22-37(40)46-43(49)31-28-32(44-47-38-23-11-14-26-41(38)50(44)35-18-6-2-7-19-35)30-33(29-31)45-48-39-24-12-15-27-42(39)51(45)36-20-8-3-9-21-36;;1-4(2)3;;;/h1-42,53,57H;1-30H;;1-3H2;1H3;;/i;;;;1T;;. The fourth-order valence-corrected chi connectivity index (χ4v) is 17.2. The number of nitrogens with zero attached hydrogens (tertiary/aromatic N) is 10. The number of rotatable bonds is 15. The average Bonchev–Trinajstić information content (AvgIpc) is 1.60. The molecule has 1 radical (unpaired) electrons. The molecule has 22 rings (SSSR count). The first kappa shape index (κ1) is 78.5. The van der Waals surface area contributed by atoms with Gasteiger partial charge in [-0.3, -0.25) is 13.7 Å². The van der Waals surface area contributed by atoms with Crippen LogP contribution in [0.1, 0.15) is 11.5 Å². The summed E-state index contributed by atoms with van der Waals surface area (Å²) in [5.74, 6) is 2.80. The third kappa shape index (κ3) is 15.7. The summed E-state index contributed by atoms with van der Waals surface area (Å²) in [6.07, 6.45) is 9.06. The second-order valence-corrected chi connectivity index (χ2v) is 41.2. The van der Waals surface area contributed by atoms with Gasteiger partial charge >= 0.3 is 26.2 Å². The van der Waals surface area contributed by atoms with Crippen LogP contribution in [0.5, 0.6) is 0 Å². The fourth-order valence-electron chi connectivity index (χ4n) is 17.2. The first-order valence-electron chi connectivity index (χ1n) is 40.5. The third-order valence-electron chi connectivity index (χ3n) is 22.3. The van der Waals surface area contributed by atoms with Crippen LogP contribution in [0.2, 0.25) is 0 Å². The van der Waals surface area contributed by atoms with Crippen molar-refractivity contribution in [2.75, 3.05) is 14.7 Å². The molecule has 0 saturated heterocycles. The minimum atomic E-state index is 0. The number of benzene rings is 16. The van der Waals surface area contributed by atoms with E-state index in [0.717, 1.165) is 130 Å². The van der Waals surface area contributed by atoms with Gasteiger partial charge in [-0.25, -0.2) is 15.0 Å². The molecule has 16 aromatic carbocycles. The van der Waals surface area contributed by atoms with Crippen LogP contribution in [0.3, 0.4) is 0 Å². The Morgan fingerprint density at radius 3 is 1.02 bits per heavy atom. The van der Waals surface area contributed by atoms with Gasteiger partial charge in [0, 0.05) is 102 Å². The normalized spacial score (nSPS) is 13.2. The Morgan fingerprint density at radius 1 is 0.281 bits per heavy atom. The molecule has 0 N–H and O–H groups in total. The van der Waals surface area contributed by atoms with E-state index in [0.29, 0.717) is 0 Å². The van der Waals surface area contributed by atoms with Crippen LogP contribution in [0, 0.1) is 0 Å². The minimum absolute atomic E-state index is 0. The van der Waals surface area contributed by atoms with Gasteiger partial charge in [-0.2, -0.15) is 9.84 Å². The largest absolute Gasteiger partial charge is 0.292 e. The van der Waals surface area contributed by atoms with E-state index in [1.807, 2.05) is 36.4 Å². The maximum atomic E-state index is 5.67. The average molecular weight is 1850 g/mol. The predicted molar refractivity (Wildman–Crippen MR) is 531 cm³/mol. The van der Waals surface area contributed by atoms with Crippen molar-refractivity contribution in [1.29, 1.82) is 1.28 Å². The number of fused-ring (bicyclic) bond motifs is 9. The van der Waals surface area contributed by atoms with Crippen molar-refractivity contribution in [3.8, 4) is 68.0 Å². The molecule has 20 aromatic rings. The molecule has 5 heterocycles. The summed E-state index contributed by atoms with van der Waals surface area (Å²) in [5.41, 5.74) is 28.3. The summed E-state index contributed by atoms with van der Waals surface area (Å²) in [4.78, 5) is 23.1. The molecular formula is C105H85BiN10P5. The molecule has 0 fully saturated rings. The molecule has 585 valence electrons. The minimum Gasteiger partial charge on any atom is -0.292 e. The van der Waals surface area contributed by atoms with Crippen molar-refractivity contribution in [1.82, 2.24) is 33.2 Å². The van der Waals surface area contributed by atoms with Crippen LogP contribution in [0.4, 0.5) is 45.5 Å². The van der Waals surface area contributed by atoms with Gasteiger partial charge in [-0.15, -0.1) is 26.8 Å². The van der Waals surface area contributed by atoms with Crippen LogP contribution in [-0.4, -0.2) is 66.7 Å². The number of hydrogen-bond acceptors (Lipinski definition) is 6. The topological polar surface area (TPSA) is 68.1 Å². The molecule has 0 bridgehead atoms. The molecule has 0 spiro atoms. The van der Waals surface area contributed by atoms with Gasteiger partial charge < -0.3 is 19.3 Å². The molecule has 6 unspecified atom stereocenters. The summed E-state index contributed by atoms with van der Waals surface area (Å²) >= 11 is 0. The van der Waals surface area contributed by atoms with Gasteiger partial charge in [-0.1, -0.05) is 231 Å². The number of aromatic nitrogens is 7. The van der Waals surface area contributed by atoms with E-state index in [1.165, 1.54) is 44.3 Å². The van der Waals surface area contributed by atoms with E-state index in [2.05, 4.69) is 460 Å². The van der Waals surface area contributed by atoms with Crippen LogP contribution < -0.4 is 14.7 Å². The molecular weight excluding hydrogens is 1770 g/mol. The molecule has 0 saturated carbocycles. The van der Waals surface area contributed by atoms with Gasteiger partial charge in [0.05, 0.1) is 51.5 Å². The molecule has 0 amide bonds. The van der Waals surface area contributed by atoms with Gasteiger partial charge in [0.1, 0.15) is 17.5 Å². The van der Waals surface area contributed by atoms with E-state index >= 15 is 0 Å². The van der Waals surface area contributed by atoms with Crippen molar-refractivity contribution in [2.24, 2.45) is 0 Å². The Bertz CT molecular complexity index is 6790. The Balaban J connectivity index is 0.000000159. The Hall–Kier alpha value is -12.4. The van der Waals surface area contributed by atoms with Crippen molar-refractivity contribution < 1.29 is 0 Å². The summed E-state index contributed by atoms with van der Waals surface area (Å²) in [6.45, 7) is 0.130. The SMILES string of the molecule is C1=CC2c3cc(N(c4ccccc4)c4ccc(-c5ccc(N(c6ccccc6)c6ccc7c(c6)c6ccccc6n7-c6ccccc6)cc5)cc4)ccc3N(c3ccccc3)C2C=C1.PP(P)P.[3H]P.[BiH2].c1ccc(-n2c(-c3cc(-c4nc5ccccc5n4-c4ccccc4)cc(-c4nc5ccccc5n4-c4ccccc4)c3)nc3ccccc32)cc1. The van der Waals surface area contributed by atoms with Crippen LogP contribution in [-0.2, 0) is 0 Å². The Morgan fingerprint density at radius 2 is 0.595 bits per heavy atom. The van der Waals surface area contributed by atoms with Crippen molar-refractivity contribution in [3.05, 3.63) is 442 Å². The predicted octanol–water partition coefficient (Wildman–Crippen LogP) is 27.8. The maximum Gasteiger partial charge on any atom is 0.145 e. The van der Waals surface area contributed by atoms with Crippen molar-refractivity contribution in [2.45, 2.75) is 12.0 Å². The van der Waals surface area contributed by atoms with E-state index in [4.69, 9.17) is 16.2 Å². The zero-order chi connectivity index (χ0) is 81.7. The van der Waals surface area contributed by atoms with Crippen molar-refractivity contribution in [3.63, 3.8) is 0 Å². The monoisotopic (exact) mass is 1850 g/mol. The third-order valence-corrected chi connectivity index (χ3v) is 22.3. The molecule has 1 aliphatic heterocycles. The number of para-hydroxylation sites is 14. The summed E-state index contributed by atoms with van der Waals surface area (Å²) < 4.78 is 14.8. The number of imidazole rings is 3. The van der Waals surface area contributed by atoms with Gasteiger partial charge in [0.25, 0.3) is 0 Å². The molecule has 16 heteroatoms. The number of anilines is 8. The molecule has 4 aromatic heterocycles. The molecule has 6 atom stereocenters. The molecule has 1 aliphatic carbocycles. The van der Waals surface area contributed by atoms with Gasteiger partial charge in [-0.05, 0) is 230 Å². The summed E-state index contributed by atoms with van der Waals surface area (Å²) in [6, 6.07) is 147. The van der Waals surface area contributed by atoms with Gasteiger partial charge in [0.15, 0.2) is 0 Å². The molecule has 10 nitrogen and oxygen atoms in total. The van der Waals surface area contributed by atoms with Gasteiger partial charge in [0.2, 0.25) is 0 Å². The summed E-state index contributed by atoms with van der Waals surface area (Å²) in [7, 11) is 9.61.